The minimum Gasteiger partial charge on any atom is -0.434 e. The Bertz CT molecular complexity index is 1420. The molecule has 1 aliphatic heterocycles. The quantitative estimate of drug-likeness (QED) is 0.466. The first-order valence-electron chi connectivity index (χ1n) is 11.3. The fourth-order valence-corrected chi connectivity index (χ4v) is 4.15. The van der Waals surface area contributed by atoms with Gasteiger partial charge in [0.15, 0.2) is 22.9 Å². The van der Waals surface area contributed by atoms with Crippen LogP contribution in [0.3, 0.4) is 0 Å². The molecule has 4 heterocycles. The fraction of sp³-hybridized carbons (Fsp3) is 0.280. The van der Waals surface area contributed by atoms with E-state index in [0.29, 0.717) is 11.2 Å². The van der Waals surface area contributed by atoms with Crippen LogP contribution in [0, 0.1) is 24.1 Å². The van der Waals surface area contributed by atoms with Gasteiger partial charge < -0.3 is 24.4 Å². The van der Waals surface area contributed by atoms with Crippen molar-refractivity contribution in [3.8, 4) is 17.7 Å². The number of rotatable bonds is 5. The van der Waals surface area contributed by atoms with Crippen molar-refractivity contribution in [3.05, 3.63) is 59.9 Å². The number of nitrogens with one attached hydrogen (secondary N) is 1. The second-order valence-electron chi connectivity index (χ2n) is 8.59. The number of fused-ring (bicyclic) bond motifs is 1. The zero-order valence-electron chi connectivity index (χ0n) is 19.8. The van der Waals surface area contributed by atoms with Crippen LogP contribution < -0.4 is 15.0 Å². The maximum Gasteiger partial charge on any atom is 0.242 e. The van der Waals surface area contributed by atoms with Crippen LogP contribution in [0.15, 0.2) is 42.9 Å². The van der Waals surface area contributed by atoms with Gasteiger partial charge in [-0.2, -0.15) is 5.26 Å². The zero-order valence-corrected chi connectivity index (χ0v) is 19.8. The topological polar surface area (TPSA) is 95.1 Å². The van der Waals surface area contributed by atoms with E-state index in [0.717, 1.165) is 43.1 Å². The lowest BCUT2D eigenvalue weighted by Gasteiger charge is -2.33. The van der Waals surface area contributed by atoms with Crippen molar-refractivity contribution in [1.82, 2.24) is 24.4 Å². The number of hydrogen-bond donors (Lipinski definition) is 1. The molecule has 1 N–H and O–H groups in total. The van der Waals surface area contributed by atoms with E-state index in [-0.39, 0.29) is 23.0 Å². The van der Waals surface area contributed by atoms with Crippen LogP contribution in [0.2, 0.25) is 0 Å². The molecule has 0 aliphatic carbocycles. The third kappa shape index (κ3) is 4.34. The number of nitrogens with zero attached hydrogens (tertiary/aromatic N) is 7. The summed E-state index contributed by atoms with van der Waals surface area (Å²) in [5, 5.41) is 13.3. The van der Waals surface area contributed by atoms with Crippen LogP contribution in [-0.2, 0) is 7.05 Å². The van der Waals surface area contributed by atoms with Crippen LogP contribution in [0.5, 0.6) is 11.6 Å². The number of anilines is 3. The van der Waals surface area contributed by atoms with Gasteiger partial charge in [-0.25, -0.2) is 19.3 Å². The van der Waals surface area contributed by atoms with Gasteiger partial charge in [0.05, 0.1) is 17.4 Å². The van der Waals surface area contributed by atoms with Crippen molar-refractivity contribution in [2.24, 2.45) is 7.05 Å². The van der Waals surface area contributed by atoms with E-state index in [1.54, 1.807) is 18.3 Å². The predicted octanol–water partition coefficient (Wildman–Crippen LogP) is 3.97. The van der Waals surface area contributed by atoms with Crippen molar-refractivity contribution in [2.75, 3.05) is 43.4 Å². The van der Waals surface area contributed by atoms with E-state index in [9.17, 15) is 5.26 Å². The van der Waals surface area contributed by atoms with Gasteiger partial charge in [-0.05, 0) is 44.3 Å². The summed E-state index contributed by atoms with van der Waals surface area (Å²) in [6, 6.07) is 10.9. The summed E-state index contributed by atoms with van der Waals surface area (Å²) < 4.78 is 22.8. The number of likely N-dealkylation sites (N-methyl/N-ethyl adjacent to an activating group) is 1. The van der Waals surface area contributed by atoms with Crippen molar-refractivity contribution >= 4 is 28.2 Å². The first-order chi connectivity index (χ1) is 16.9. The Morgan fingerprint density at radius 1 is 1.06 bits per heavy atom. The lowest BCUT2D eigenvalue weighted by molar-refractivity contribution is 0.313. The molecular weight excluding hydrogens is 447 g/mol. The molecule has 35 heavy (non-hydrogen) atoms. The number of aryl methyl sites for hydroxylation is 2. The molecule has 5 rings (SSSR count). The van der Waals surface area contributed by atoms with Gasteiger partial charge in [-0.1, -0.05) is 0 Å². The van der Waals surface area contributed by atoms with E-state index >= 15 is 4.39 Å². The summed E-state index contributed by atoms with van der Waals surface area (Å²) in [6.45, 7) is 5.81. The monoisotopic (exact) mass is 472 g/mol. The van der Waals surface area contributed by atoms with Gasteiger partial charge in [-0.3, -0.25) is 0 Å². The van der Waals surface area contributed by atoms with Gasteiger partial charge in [0.2, 0.25) is 5.88 Å². The number of aromatic nitrogens is 4. The minimum atomic E-state index is -0.510. The second kappa shape index (κ2) is 9.19. The number of hydrogen-bond acceptors (Lipinski definition) is 8. The van der Waals surface area contributed by atoms with Crippen LogP contribution in [0.1, 0.15) is 11.3 Å². The number of benzene rings is 1. The largest absolute Gasteiger partial charge is 0.434 e. The highest BCUT2D eigenvalue weighted by Gasteiger charge is 2.19. The average Bonchev–Trinajstić information content (AvgIpc) is 3.16. The van der Waals surface area contributed by atoms with Crippen molar-refractivity contribution in [2.45, 2.75) is 6.92 Å². The predicted molar refractivity (Wildman–Crippen MR) is 132 cm³/mol. The molecule has 1 aromatic carbocycles. The molecule has 0 amide bonds. The standard InChI is InChI=1S/C25H25FN8O/c1-16-12-18-20(33(16)3)5-6-21(23(18)26)35-25-19(13-27)24(29-15-30-25)31-22-7-4-17(14-28-22)34-10-8-32(2)9-11-34/h4-7,12,14-15H,8-11H2,1-3H3,(H,28,29,30,31). The smallest absolute Gasteiger partial charge is 0.242 e. The van der Waals surface area contributed by atoms with Crippen LogP contribution in [-0.4, -0.2) is 57.6 Å². The molecule has 178 valence electrons. The second-order valence-corrected chi connectivity index (χ2v) is 8.59. The molecule has 1 saturated heterocycles. The highest BCUT2D eigenvalue weighted by Crippen LogP contribution is 2.33. The van der Waals surface area contributed by atoms with Gasteiger partial charge in [0.1, 0.15) is 18.2 Å². The van der Waals surface area contributed by atoms with E-state index in [1.807, 2.05) is 30.7 Å². The first kappa shape index (κ1) is 22.6. The Morgan fingerprint density at radius 3 is 2.57 bits per heavy atom. The van der Waals surface area contributed by atoms with Gasteiger partial charge in [0.25, 0.3) is 0 Å². The number of piperazine rings is 1. The molecule has 9 nitrogen and oxygen atoms in total. The van der Waals surface area contributed by atoms with Crippen molar-refractivity contribution in [1.29, 1.82) is 5.26 Å². The number of pyridine rings is 1. The zero-order chi connectivity index (χ0) is 24.5. The Hall–Kier alpha value is -4.23. The highest BCUT2D eigenvalue weighted by molar-refractivity contribution is 5.83. The minimum absolute atomic E-state index is 0.0149. The Kier molecular flexibility index (Phi) is 5.93. The maximum absolute atomic E-state index is 15.1. The molecule has 4 aromatic rings. The summed E-state index contributed by atoms with van der Waals surface area (Å²) >= 11 is 0. The summed E-state index contributed by atoms with van der Waals surface area (Å²) in [4.78, 5) is 17.3. The van der Waals surface area contributed by atoms with Crippen LogP contribution >= 0.6 is 0 Å². The van der Waals surface area contributed by atoms with Gasteiger partial charge in [-0.15, -0.1) is 0 Å². The maximum atomic E-state index is 15.1. The highest BCUT2D eigenvalue weighted by atomic mass is 19.1. The summed E-state index contributed by atoms with van der Waals surface area (Å²) in [6.07, 6.45) is 3.06. The SMILES string of the molecule is Cc1cc2c(F)c(Oc3ncnc(Nc4ccc(N5CCN(C)CC5)cn4)c3C#N)ccc2n1C. The number of halogens is 1. The lowest BCUT2D eigenvalue weighted by atomic mass is 10.2. The molecule has 0 radical (unpaired) electrons. The van der Waals surface area contributed by atoms with E-state index in [2.05, 4.69) is 43.2 Å². The van der Waals surface area contributed by atoms with Crippen molar-refractivity contribution < 1.29 is 9.13 Å². The molecule has 1 aliphatic rings. The first-order valence-corrected chi connectivity index (χ1v) is 11.3. The molecule has 0 saturated carbocycles. The van der Waals surface area contributed by atoms with E-state index < -0.39 is 5.82 Å². The summed E-state index contributed by atoms with van der Waals surface area (Å²) in [5.74, 6) is 0.194. The molecule has 10 heteroatoms. The normalized spacial score (nSPS) is 14.2. The average molecular weight is 473 g/mol. The summed E-state index contributed by atoms with van der Waals surface area (Å²) in [7, 11) is 3.99. The molecule has 0 unspecified atom stereocenters. The Morgan fingerprint density at radius 2 is 1.86 bits per heavy atom. The fourth-order valence-electron chi connectivity index (χ4n) is 4.15. The Labute approximate surface area is 202 Å². The summed E-state index contributed by atoms with van der Waals surface area (Å²) in [5.41, 5.74) is 2.77. The van der Waals surface area contributed by atoms with Crippen molar-refractivity contribution in [3.63, 3.8) is 0 Å². The number of nitriles is 1. The molecule has 1 fully saturated rings. The Balaban J connectivity index is 1.38. The lowest BCUT2D eigenvalue weighted by Crippen LogP contribution is -2.44. The third-order valence-corrected chi connectivity index (χ3v) is 6.36. The number of ether oxygens (including phenoxy) is 1. The molecule has 0 atom stereocenters. The van der Waals surface area contributed by atoms with Gasteiger partial charge in [0, 0.05) is 44.3 Å². The van der Waals surface area contributed by atoms with E-state index in [4.69, 9.17) is 4.74 Å². The van der Waals surface area contributed by atoms with Gasteiger partial charge >= 0.3 is 0 Å². The molecule has 0 bridgehead atoms. The van der Waals surface area contributed by atoms with E-state index in [1.165, 1.54) is 12.4 Å². The molecule has 0 spiro atoms. The molecular formula is C25H25FN8O. The van der Waals surface area contributed by atoms with Crippen LogP contribution in [0.4, 0.5) is 21.7 Å². The third-order valence-electron chi connectivity index (χ3n) is 6.36. The van der Waals surface area contributed by atoms with Crippen LogP contribution in [0.25, 0.3) is 10.9 Å². The molecule has 3 aromatic heterocycles.